The zero-order valence-corrected chi connectivity index (χ0v) is 18.8. The third-order valence-electron chi connectivity index (χ3n) is 4.69. The first kappa shape index (κ1) is 23.1. The molecule has 7 nitrogen and oxygen atoms in total. The number of benzene rings is 2. The highest BCUT2D eigenvalue weighted by atomic mass is 16.6. The Balaban J connectivity index is 1.69. The van der Waals surface area contributed by atoms with Gasteiger partial charge in [0.25, 0.3) is 5.91 Å². The van der Waals surface area contributed by atoms with Crippen LogP contribution in [0.1, 0.15) is 38.8 Å². The molecule has 7 heteroatoms. The smallest absolute Gasteiger partial charge is 0.408 e. The molecule has 2 amide bonds. The highest BCUT2D eigenvalue weighted by Gasteiger charge is 2.25. The number of alkyl carbamates (subject to hydrolysis) is 1. The molecule has 2 aromatic rings. The number of para-hydroxylation sites is 1. The lowest BCUT2D eigenvalue weighted by Crippen LogP contribution is -2.48. The number of carbonyl (C=O) groups is 2. The zero-order valence-electron chi connectivity index (χ0n) is 18.8. The van der Waals surface area contributed by atoms with Crippen LogP contribution >= 0.6 is 0 Å². The van der Waals surface area contributed by atoms with E-state index in [4.69, 9.17) is 9.47 Å². The van der Waals surface area contributed by atoms with E-state index in [2.05, 4.69) is 15.8 Å². The van der Waals surface area contributed by atoms with Crippen molar-refractivity contribution in [2.75, 3.05) is 0 Å². The minimum absolute atomic E-state index is 0.203. The van der Waals surface area contributed by atoms with Gasteiger partial charge < -0.3 is 14.8 Å². The van der Waals surface area contributed by atoms with Crippen molar-refractivity contribution in [3.8, 4) is 5.75 Å². The summed E-state index contributed by atoms with van der Waals surface area (Å²) in [5.74, 6) is 0.368. The van der Waals surface area contributed by atoms with Crippen LogP contribution in [-0.4, -0.2) is 36.0 Å². The lowest BCUT2D eigenvalue weighted by molar-refractivity contribution is -0.123. The molecule has 0 radical (unpaired) electrons. The number of carbonyl (C=O) groups excluding carboxylic acids is 2. The van der Waals surface area contributed by atoms with E-state index in [1.54, 1.807) is 27.0 Å². The van der Waals surface area contributed by atoms with Crippen LogP contribution in [0.2, 0.25) is 0 Å². The molecule has 0 aliphatic carbocycles. The molecule has 0 bridgehead atoms. The SMILES string of the molecule is C[C@@H]1Oc2ccccc2C=C1C=NNC(=O)[C@H](Cc1ccccc1)NC(=O)OC(C)(C)C. The van der Waals surface area contributed by atoms with Crippen molar-refractivity contribution in [1.29, 1.82) is 0 Å². The average molecular weight is 436 g/mol. The van der Waals surface area contributed by atoms with Gasteiger partial charge in [-0.25, -0.2) is 10.2 Å². The maximum atomic E-state index is 12.8. The Morgan fingerprint density at radius 3 is 2.53 bits per heavy atom. The van der Waals surface area contributed by atoms with Crippen LogP contribution in [0.25, 0.3) is 6.08 Å². The van der Waals surface area contributed by atoms with Crippen LogP contribution in [0.15, 0.2) is 65.3 Å². The number of nitrogens with one attached hydrogen (secondary N) is 2. The molecular weight excluding hydrogens is 406 g/mol. The number of hydrogen-bond donors (Lipinski definition) is 2. The van der Waals surface area contributed by atoms with Crippen molar-refractivity contribution in [2.24, 2.45) is 5.10 Å². The Hall–Kier alpha value is -3.61. The van der Waals surface area contributed by atoms with Crippen molar-refractivity contribution >= 4 is 24.3 Å². The van der Waals surface area contributed by atoms with E-state index in [1.165, 1.54) is 0 Å². The summed E-state index contributed by atoms with van der Waals surface area (Å²) in [7, 11) is 0. The highest BCUT2D eigenvalue weighted by Crippen LogP contribution is 2.28. The molecule has 0 aromatic heterocycles. The number of nitrogens with zero attached hydrogens (tertiary/aromatic N) is 1. The van der Waals surface area contributed by atoms with Crippen LogP contribution in [0.3, 0.4) is 0 Å². The fourth-order valence-electron chi connectivity index (χ4n) is 3.16. The van der Waals surface area contributed by atoms with Gasteiger partial charge in [-0.2, -0.15) is 5.10 Å². The van der Waals surface area contributed by atoms with Crippen molar-refractivity contribution in [3.05, 3.63) is 71.3 Å². The van der Waals surface area contributed by atoms with Gasteiger partial charge in [0.15, 0.2) is 0 Å². The van der Waals surface area contributed by atoms with Crippen molar-refractivity contribution in [2.45, 2.75) is 51.9 Å². The molecule has 32 heavy (non-hydrogen) atoms. The summed E-state index contributed by atoms with van der Waals surface area (Å²) < 4.78 is 11.2. The predicted octanol–water partition coefficient (Wildman–Crippen LogP) is 4.09. The minimum Gasteiger partial charge on any atom is -0.485 e. The second-order valence-electron chi connectivity index (χ2n) is 8.57. The van der Waals surface area contributed by atoms with E-state index in [-0.39, 0.29) is 6.10 Å². The van der Waals surface area contributed by atoms with E-state index in [9.17, 15) is 9.59 Å². The van der Waals surface area contributed by atoms with Crippen LogP contribution in [-0.2, 0) is 16.0 Å². The molecule has 2 N–H and O–H groups in total. The van der Waals surface area contributed by atoms with Gasteiger partial charge >= 0.3 is 6.09 Å². The van der Waals surface area contributed by atoms with E-state index in [1.807, 2.05) is 67.6 Å². The number of hydrogen-bond acceptors (Lipinski definition) is 5. The Morgan fingerprint density at radius 2 is 1.81 bits per heavy atom. The van der Waals surface area contributed by atoms with Crippen LogP contribution in [0.4, 0.5) is 4.79 Å². The molecule has 0 spiro atoms. The molecule has 168 valence electrons. The van der Waals surface area contributed by atoms with E-state index < -0.39 is 23.6 Å². The Kier molecular flexibility index (Phi) is 7.30. The Labute approximate surface area is 188 Å². The zero-order chi connectivity index (χ0) is 23.1. The van der Waals surface area contributed by atoms with Gasteiger partial charge in [-0.1, -0.05) is 48.5 Å². The van der Waals surface area contributed by atoms with Crippen LogP contribution in [0, 0.1) is 0 Å². The quantitative estimate of drug-likeness (QED) is 0.528. The maximum absolute atomic E-state index is 12.8. The van der Waals surface area contributed by atoms with E-state index >= 15 is 0 Å². The summed E-state index contributed by atoms with van der Waals surface area (Å²) in [5.41, 5.74) is 4.53. The molecule has 1 aliphatic heterocycles. The van der Waals surface area contributed by atoms with E-state index in [0.29, 0.717) is 6.42 Å². The van der Waals surface area contributed by atoms with E-state index in [0.717, 1.165) is 22.4 Å². The van der Waals surface area contributed by atoms with Gasteiger partial charge in [-0.15, -0.1) is 0 Å². The standard InChI is InChI=1S/C25H29N3O4/c1-17-20(15-19-12-8-9-13-22(19)31-17)16-26-28-23(29)21(14-18-10-6-5-7-11-18)27-24(30)32-25(2,3)4/h5-13,15-17,21H,14H2,1-4H3,(H,27,30)(H,28,29)/t17-,21-/m0/s1. The second kappa shape index (κ2) is 10.1. The van der Waals surface area contributed by atoms with Gasteiger partial charge in [-0.3, -0.25) is 4.79 Å². The first-order chi connectivity index (χ1) is 15.2. The van der Waals surface area contributed by atoms with Crippen LogP contribution < -0.4 is 15.5 Å². The van der Waals surface area contributed by atoms with Gasteiger partial charge in [0.05, 0.1) is 6.21 Å². The number of rotatable bonds is 6. The second-order valence-corrected chi connectivity index (χ2v) is 8.57. The number of amides is 2. The van der Waals surface area contributed by atoms with Gasteiger partial charge in [-0.05, 0) is 45.4 Å². The topological polar surface area (TPSA) is 89.0 Å². The van der Waals surface area contributed by atoms with Crippen LogP contribution in [0.5, 0.6) is 5.75 Å². The third kappa shape index (κ3) is 6.70. The molecule has 0 saturated carbocycles. The fraction of sp³-hybridized carbons (Fsp3) is 0.320. The first-order valence-electron chi connectivity index (χ1n) is 10.5. The monoisotopic (exact) mass is 435 g/mol. The summed E-state index contributed by atoms with van der Waals surface area (Å²) in [4.78, 5) is 25.1. The molecular formula is C25H29N3O4. The summed E-state index contributed by atoms with van der Waals surface area (Å²) >= 11 is 0. The van der Waals surface area contributed by atoms with Gasteiger partial charge in [0.1, 0.15) is 23.5 Å². The Bertz CT molecular complexity index is 1010. The average Bonchev–Trinajstić information content (AvgIpc) is 2.73. The molecule has 2 aromatic carbocycles. The normalized spacial score (nSPS) is 16.4. The van der Waals surface area contributed by atoms with Crippen molar-refractivity contribution < 1.29 is 19.1 Å². The Morgan fingerprint density at radius 1 is 1.12 bits per heavy atom. The number of hydrazone groups is 1. The third-order valence-corrected chi connectivity index (χ3v) is 4.69. The lowest BCUT2D eigenvalue weighted by Gasteiger charge is -2.23. The summed E-state index contributed by atoms with van der Waals surface area (Å²) in [6, 6.07) is 16.3. The molecule has 0 unspecified atom stereocenters. The molecule has 3 rings (SSSR count). The van der Waals surface area contributed by atoms with Gasteiger partial charge in [0.2, 0.25) is 0 Å². The predicted molar refractivity (Wildman–Crippen MR) is 124 cm³/mol. The van der Waals surface area contributed by atoms with Crippen molar-refractivity contribution in [3.63, 3.8) is 0 Å². The minimum atomic E-state index is -0.848. The number of fused-ring (bicyclic) bond motifs is 1. The molecule has 0 saturated heterocycles. The molecule has 1 aliphatic rings. The number of ether oxygens (including phenoxy) is 2. The molecule has 2 atom stereocenters. The summed E-state index contributed by atoms with van der Waals surface area (Å²) in [6.07, 6.45) is 2.97. The summed E-state index contributed by atoms with van der Waals surface area (Å²) in [6.45, 7) is 7.21. The highest BCUT2D eigenvalue weighted by molar-refractivity contribution is 5.91. The summed E-state index contributed by atoms with van der Waals surface area (Å²) in [5, 5.41) is 6.74. The maximum Gasteiger partial charge on any atom is 0.408 e. The fourth-order valence-corrected chi connectivity index (χ4v) is 3.16. The largest absolute Gasteiger partial charge is 0.485 e. The van der Waals surface area contributed by atoms with Gasteiger partial charge in [0, 0.05) is 17.6 Å². The molecule has 1 heterocycles. The first-order valence-corrected chi connectivity index (χ1v) is 10.5. The lowest BCUT2D eigenvalue weighted by atomic mass is 10.0. The van der Waals surface area contributed by atoms with Crippen molar-refractivity contribution in [1.82, 2.24) is 10.7 Å². The molecule has 0 fully saturated rings.